The fraction of sp³-hybridized carbons (Fsp3) is 0.0345. The highest BCUT2D eigenvalue weighted by atomic mass is 19.1. The Hall–Kier alpha value is -4.51. The first kappa shape index (κ1) is 22.7. The molecule has 0 heterocycles. The standard InChI is InChI=1S/C29H21FO4/c1-33-28-19-20(12-18-27(28)34-29(32)24-9-5-6-10-25(24)30)11-17-26(31)23-15-13-22(14-16-23)21-7-3-2-4-8-21/h2-19H,1H3. The normalized spacial score (nSPS) is 10.8. The van der Waals surface area contributed by atoms with Gasteiger partial charge in [-0.15, -0.1) is 0 Å². The Labute approximate surface area is 196 Å². The summed E-state index contributed by atoms with van der Waals surface area (Å²) in [6, 6.07) is 27.8. The Morgan fingerprint density at radius 2 is 1.44 bits per heavy atom. The monoisotopic (exact) mass is 452 g/mol. The van der Waals surface area contributed by atoms with Crippen molar-refractivity contribution >= 4 is 17.8 Å². The summed E-state index contributed by atoms with van der Waals surface area (Å²) in [6.45, 7) is 0. The molecule has 0 atom stereocenters. The van der Waals surface area contributed by atoms with Crippen LogP contribution in [0.1, 0.15) is 26.3 Å². The first-order chi connectivity index (χ1) is 16.5. The minimum absolute atomic E-state index is 0.145. The lowest BCUT2D eigenvalue weighted by atomic mass is 10.0. The second-order valence-electron chi connectivity index (χ2n) is 7.42. The molecule has 0 saturated carbocycles. The van der Waals surface area contributed by atoms with Crippen LogP contribution in [0, 0.1) is 5.82 Å². The first-order valence-corrected chi connectivity index (χ1v) is 10.6. The molecule has 0 radical (unpaired) electrons. The molecular weight excluding hydrogens is 431 g/mol. The molecule has 0 aliphatic heterocycles. The molecule has 0 aromatic heterocycles. The number of carbonyl (C=O) groups excluding carboxylic acids is 2. The van der Waals surface area contributed by atoms with Crippen molar-refractivity contribution < 1.29 is 23.5 Å². The van der Waals surface area contributed by atoms with Gasteiger partial charge in [-0.25, -0.2) is 9.18 Å². The number of methoxy groups -OCH3 is 1. The van der Waals surface area contributed by atoms with Crippen LogP contribution in [0.2, 0.25) is 0 Å². The van der Waals surface area contributed by atoms with Crippen molar-refractivity contribution in [1.29, 1.82) is 0 Å². The smallest absolute Gasteiger partial charge is 0.346 e. The molecule has 0 aliphatic carbocycles. The van der Waals surface area contributed by atoms with E-state index in [4.69, 9.17) is 9.47 Å². The van der Waals surface area contributed by atoms with E-state index in [0.29, 0.717) is 11.1 Å². The number of hydrogen-bond donors (Lipinski definition) is 0. The number of halogens is 1. The average molecular weight is 452 g/mol. The van der Waals surface area contributed by atoms with Crippen LogP contribution >= 0.6 is 0 Å². The van der Waals surface area contributed by atoms with Crippen LogP contribution in [0.4, 0.5) is 4.39 Å². The lowest BCUT2D eigenvalue weighted by Crippen LogP contribution is -2.11. The summed E-state index contributed by atoms with van der Waals surface area (Å²) in [6.07, 6.45) is 3.12. The van der Waals surface area contributed by atoms with Crippen molar-refractivity contribution in [2.45, 2.75) is 0 Å². The van der Waals surface area contributed by atoms with Gasteiger partial charge in [0.15, 0.2) is 17.3 Å². The van der Waals surface area contributed by atoms with E-state index < -0.39 is 11.8 Å². The summed E-state index contributed by atoms with van der Waals surface area (Å²) in [7, 11) is 1.43. The van der Waals surface area contributed by atoms with E-state index in [1.165, 1.54) is 37.5 Å². The number of esters is 1. The van der Waals surface area contributed by atoms with Crippen LogP contribution in [0.5, 0.6) is 11.5 Å². The third kappa shape index (κ3) is 5.27. The molecule has 0 spiro atoms. The predicted octanol–water partition coefficient (Wildman–Crippen LogP) is 6.62. The maximum Gasteiger partial charge on any atom is 0.346 e. The highest BCUT2D eigenvalue weighted by Crippen LogP contribution is 2.29. The van der Waals surface area contributed by atoms with Gasteiger partial charge in [-0.3, -0.25) is 4.79 Å². The van der Waals surface area contributed by atoms with E-state index >= 15 is 0 Å². The molecule has 34 heavy (non-hydrogen) atoms. The molecule has 0 amide bonds. The van der Waals surface area contributed by atoms with Gasteiger partial charge in [0.05, 0.1) is 12.7 Å². The van der Waals surface area contributed by atoms with Gasteiger partial charge >= 0.3 is 5.97 Å². The van der Waals surface area contributed by atoms with Crippen molar-refractivity contribution in [2.24, 2.45) is 0 Å². The fourth-order valence-electron chi connectivity index (χ4n) is 3.38. The van der Waals surface area contributed by atoms with Gasteiger partial charge in [-0.05, 0) is 47.0 Å². The number of allylic oxidation sites excluding steroid dienone is 1. The Kier molecular flexibility index (Phi) is 6.94. The zero-order chi connectivity index (χ0) is 23.9. The van der Waals surface area contributed by atoms with Crippen LogP contribution in [-0.2, 0) is 0 Å². The minimum Gasteiger partial charge on any atom is -0.493 e. The lowest BCUT2D eigenvalue weighted by molar-refractivity contribution is 0.0724. The maximum absolute atomic E-state index is 13.8. The van der Waals surface area contributed by atoms with Crippen molar-refractivity contribution in [1.82, 2.24) is 0 Å². The summed E-state index contributed by atoms with van der Waals surface area (Å²) in [5.41, 5.74) is 3.19. The number of rotatable bonds is 7. The molecule has 0 aliphatic rings. The third-order valence-electron chi connectivity index (χ3n) is 5.19. The summed E-state index contributed by atoms with van der Waals surface area (Å²) in [4.78, 5) is 24.9. The Morgan fingerprint density at radius 1 is 0.765 bits per heavy atom. The third-order valence-corrected chi connectivity index (χ3v) is 5.19. The van der Waals surface area contributed by atoms with E-state index in [9.17, 15) is 14.0 Å². The minimum atomic E-state index is -0.825. The number of ether oxygens (including phenoxy) is 2. The van der Waals surface area contributed by atoms with Crippen LogP contribution in [0.25, 0.3) is 17.2 Å². The average Bonchev–Trinajstić information content (AvgIpc) is 2.88. The van der Waals surface area contributed by atoms with Gasteiger partial charge in [0.25, 0.3) is 0 Å². The second kappa shape index (κ2) is 10.4. The zero-order valence-corrected chi connectivity index (χ0v) is 18.4. The van der Waals surface area contributed by atoms with E-state index in [2.05, 4.69) is 0 Å². The fourth-order valence-corrected chi connectivity index (χ4v) is 3.38. The predicted molar refractivity (Wildman–Crippen MR) is 130 cm³/mol. The maximum atomic E-state index is 13.8. The largest absolute Gasteiger partial charge is 0.493 e. The number of ketones is 1. The topological polar surface area (TPSA) is 52.6 Å². The SMILES string of the molecule is COc1cc(C=CC(=O)c2ccc(-c3ccccc3)cc2)ccc1OC(=O)c1ccccc1F. The van der Waals surface area contributed by atoms with Crippen molar-refractivity contribution in [3.05, 3.63) is 126 Å². The first-order valence-electron chi connectivity index (χ1n) is 10.6. The molecule has 0 N–H and O–H groups in total. The van der Waals surface area contributed by atoms with E-state index in [0.717, 1.165) is 11.1 Å². The Morgan fingerprint density at radius 3 is 2.15 bits per heavy atom. The second-order valence-corrected chi connectivity index (χ2v) is 7.42. The number of benzene rings is 4. The van der Waals surface area contributed by atoms with Crippen molar-refractivity contribution in [3.8, 4) is 22.6 Å². The molecule has 4 rings (SSSR count). The van der Waals surface area contributed by atoms with Gasteiger partial charge in [0, 0.05) is 5.56 Å². The summed E-state index contributed by atoms with van der Waals surface area (Å²) in [5, 5.41) is 0. The molecule has 168 valence electrons. The molecule has 4 nitrogen and oxygen atoms in total. The van der Waals surface area contributed by atoms with Crippen LogP contribution < -0.4 is 9.47 Å². The molecular formula is C29H21FO4. The van der Waals surface area contributed by atoms with Gasteiger partial charge in [-0.2, -0.15) is 0 Å². The highest BCUT2D eigenvalue weighted by molar-refractivity contribution is 6.07. The highest BCUT2D eigenvalue weighted by Gasteiger charge is 2.16. The summed E-state index contributed by atoms with van der Waals surface area (Å²) in [5.74, 6) is -1.20. The summed E-state index contributed by atoms with van der Waals surface area (Å²) >= 11 is 0. The van der Waals surface area contributed by atoms with Gasteiger partial charge in [-0.1, -0.05) is 78.9 Å². The molecule has 0 saturated heterocycles. The molecule has 0 unspecified atom stereocenters. The van der Waals surface area contributed by atoms with Crippen molar-refractivity contribution in [2.75, 3.05) is 7.11 Å². The molecule has 0 bridgehead atoms. The van der Waals surface area contributed by atoms with Gasteiger partial charge < -0.3 is 9.47 Å². The molecule has 0 fully saturated rings. The molecule has 4 aromatic rings. The Balaban J connectivity index is 1.46. The van der Waals surface area contributed by atoms with Gasteiger partial charge in [0.2, 0.25) is 0 Å². The van der Waals surface area contributed by atoms with Crippen LogP contribution in [0.15, 0.2) is 103 Å². The van der Waals surface area contributed by atoms with Crippen LogP contribution in [-0.4, -0.2) is 18.9 Å². The molecule has 5 heteroatoms. The van der Waals surface area contributed by atoms with E-state index in [1.807, 2.05) is 42.5 Å². The molecule has 4 aromatic carbocycles. The van der Waals surface area contributed by atoms with Gasteiger partial charge in [0.1, 0.15) is 5.82 Å². The Bertz CT molecular complexity index is 1340. The zero-order valence-electron chi connectivity index (χ0n) is 18.4. The van der Waals surface area contributed by atoms with Crippen LogP contribution in [0.3, 0.4) is 0 Å². The van der Waals surface area contributed by atoms with E-state index in [1.54, 1.807) is 36.4 Å². The quantitative estimate of drug-likeness (QED) is 0.137. The van der Waals surface area contributed by atoms with E-state index in [-0.39, 0.29) is 22.8 Å². The number of hydrogen-bond acceptors (Lipinski definition) is 4. The lowest BCUT2D eigenvalue weighted by Gasteiger charge is -2.10. The van der Waals surface area contributed by atoms with Crippen molar-refractivity contribution in [3.63, 3.8) is 0 Å². The summed E-state index contributed by atoms with van der Waals surface area (Å²) < 4.78 is 24.5. The number of carbonyl (C=O) groups is 2.